The number of nitrogens with one attached hydrogen (secondary N) is 2. The molecule has 0 unspecified atom stereocenters. The Hall–Kier alpha value is -2.32. The fourth-order valence-electron chi connectivity index (χ4n) is 4.41. The number of likely N-dealkylation sites (tertiary alicyclic amines) is 1. The molecule has 1 aromatic carbocycles. The van der Waals surface area contributed by atoms with Gasteiger partial charge in [0.2, 0.25) is 5.91 Å². The van der Waals surface area contributed by atoms with Crippen molar-refractivity contribution in [2.24, 2.45) is 5.92 Å². The maximum Gasteiger partial charge on any atom is 0.254 e. The van der Waals surface area contributed by atoms with E-state index in [0.29, 0.717) is 24.4 Å². The second kappa shape index (κ2) is 10.8. The summed E-state index contributed by atoms with van der Waals surface area (Å²) in [6.07, 6.45) is 3.38. The van der Waals surface area contributed by atoms with Crippen LogP contribution in [0, 0.1) is 5.92 Å². The molecule has 8 heteroatoms. The first-order chi connectivity index (χ1) is 14.9. The standard InChI is InChI=1S/C23H36N4O4/c1-16(2)27(23(30)17-7-8-21(31-3)20(28)11-17)15-18-12-24-13-19(18)25-14-22(29)26-9-5-4-6-10-26/h7-8,11,16,18-19,24-25,28H,4-6,9-10,12-15H2,1-3H3/t18-,19+/m0/s1. The highest BCUT2D eigenvalue weighted by Crippen LogP contribution is 2.27. The van der Waals surface area contributed by atoms with Gasteiger partial charge in [-0.15, -0.1) is 0 Å². The SMILES string of the molecule is COc1ccc(C(=O)N(C[C@@H]2CNC[C@H]2NCC(=O)N2CCCCC2)C(C)C)cc1O. The summed E-state index contributed by atoms with van der Waals surface area (Å²) in [7, 11) is 1.48. The summed E-state index contributed by atoms with van der Waals surface area (Å²) in [4.78, 5) is 29.5. The van der Waals surface area contributed by atoms with Crippen molar-refractivity contribution in [3.63, 3.8) is 0 Å². The van der Waals surface area contributed by atoms with E-state index >= 15 is 0 Å². The number of aromatic hydroxyl groups is 1. The van der Waals surface area contributed by atoms with Gasteiger partial charge in [0.25, 0.3) is 5.91 Å². The van der Waals surface area contributed by atoms with Crippen LogP contribution in [0.2, 0.25) is 0 Å². The van der Waals surface area contributed by atoms with Crippen LogP contribution in [0.15, 0.2) is 18.2 Å². The van der Waals surface area contributed by atoms with Gasteiger partial charge in [0.15, 0.2) is 11.5 Å². The largest absolute Gasteiger partial charge is 0.504 e. The monoisotopic (exact) mass is 432 g/mol. The lowest BCUT2D eigenvalue weighted by Crippen LogP contribution is -2.49. The van der Waals surface area contributed by atoms with Gasteiger partial charge < -0.3 is 30.3 Å². The topological polar surface area (TPSA) is 94.1 Å². The van der Waals surface area contributed by atoms with Crippen molar-refractivity contribution in [1.29, 1.82) is 0 Å². The van der Waals surface area contributed by atoms with Gasteiger partial charge in [-0.25, -0.2) is 0 Å². The normalized spacial score (nSPS) is 21.4. The summed E-state index contributed by atoms with van der Waals surface area (Å²) in [5.74, 6) is 0.539. The number of carbonyl (C=O) groups is 2. The third-order valence-electron chi connectivity index (χ3n) is 6.31. The molecule has 2 atom stereocenters. The Labute approximate surface area is 184 Å². The molecule has 2 saturated heterocycles. The number of nitrogens with zero attached hydrogens (tertiary/aromatic N) is 2. The van der Waals surface area contributed by atoms with Gasteiger partial charge in [0, 0.05) is 56.3 Å². The highest BCUT2D eigenvalue weighted by molar-refractivity contribution is 5.95. The molecule has 0 bridgehead atoms. The minimum Gasteiger partial charge on any atom is -0.504 e. The van der Waals surface area contributed by atoms with Gasteiger partial charge in [-0.2, -0.15) is 0 Å². The fourth-order valence-corrected chi connectivity index (χ4v) is 4.41. The number of ether oxygens (including phenoxy) is 1. The van der Waals surface area contributed by atoms with Crippen molar-refractivity contribution in [2.45, 2.75) is 45.2 Å². The first kappa shape index (κ1) is 23.3. The van der Waals surface area contributed by atoms with Crippen molar-refractivity contribution < 1.29 is 19.4 Å². The van der Waals surface area contributed by atoms with Gasteiger partial charge in [-0.3, -0.25) is 9.59 Å². The first-order valence-electron chi connectivity index (χ1n) is 11.3. The van der Waals surface area contributed by atoms with Gasteiger partial charge >= 0.3 is 0 Å². The van der Waals surface area contributed by atoms with Gasteiger partial charge in [0.05, 0.1) is 13.7 Å². The summed E-state index contributed by atoms with van der Waals surface area (Å²) in [6, 6.07) is 4.88. The number of carbonyl (C=O) groups excluding carboxylic acids is 2. The number of piperidine rings is 1. The number of phenols is 1. The van der Waals surface area contributed by atoms with Crippen molar-refractivity contribution >= 4 is 11.8 Å². The van der Waals surface area contributed by atoms with Crippen LogP contribution in [-0.4, -0.2) is 85.2 Å². The van der Waals surface area contributed by atoms with Crippen LogP contribution < -0.4 is 15.4 Å². The second-order valence-corrected chi connectivity index (χ2v) is 8.79. The molecule has 2 fully saturated rings. The molecule has 2 aliphatic heterocycles. The van der Waals surface area contributed by atoms with E-state index in [1.807, 2.05) is 23.6 Å². The van der Waals surface area contributed by atoms with Crippen molar-refractivity contribution in [2.75, 3.05) is 46.4 Å². The van der Waals surface area contributed by atoms with Crippen molar-refractivity contribution in [3.8, 4) is 11.5 Å². The minimum absolute atomic E-state index is 0.00739. The molecular formula is C23H36N4O4. The summed E-state index contributed by atoms with van der Waals surface area (Å²) in [5.41, 5.74) is 0.433. The molecule has 2 amide bonds. The molecular weight excluding hydrogens is 396 g/mol. The molecule has 0 saturated carbocycles. The molecule has 0 aliphatic carbocycles. The lowest BCUT2D eigenvalue weighted by molar-refractivity contribution is -0.131. The van der Waals surface area contributed by atoms with Gasteiger partial charge in [-0.05, 0) is 51.3 Å². The molecule has 1 aromatic rings. The maximum absolute atomic E-state index is 13.2. The van der Waals surface area contributed by atoms with E-state index in [1.165, 1.54) is 19.6 Å². The molecule has 172 valence electrons. The second-order valence-electron chi connectivity index (χ2n) is 8.79. The van der Waals surface area contributed by atoms with Crippen LogP contribution in [0.3, 0.4) is 0 Å². The Balaban J connectivity index is 1.61. The molecule has 2 heterocycles. The minimum atomic E-state index is -0.122. The van der Waals surface area contributed by atoms with E-state index in [-0.39, 0.29) is 35.6 Å². The number of methoxy groups -OCH3 is 1. The fraction of sp³-hybridized carbons (Fsp3) is 0.652. The average molecular weight is 433 g/mol. The molecule has 0 aromatic heterocycles. The van der Waals surface area contributed by atoms with Crippen molar-refractivity contribution in [1.82, 2.24) is 20.4 Å². The Morgan fingerprint density at radius 1 is 1.26 bits per heavy atom. The van der Waals surface area contributed by atoms with E-state index in [1.54, 1.807) is 12.1 Å². The van der Waals surface area contributed by atoms with Crippen molar-refractivity contribution in [3.05, 3.63) is 23.8 Å². The first-order valence-corrected chi connectivity index (χ1v) is 11.3. The Morgan fingerprint density at radius 3 is 2.65 bits per heavy atom. The molecule has 0 radical (unpaired) electrons. The molecule has 31 heavy (non-hydrogen) atoms. The van der Waals surface area contributed by atoms with Crippen LogP contribution in [0.25, 0.3) is 0 Å². The van der Waals surface area contributed by atoms with Crippen LogP contribution in [-0.2, 0) is 4.79 Å². The van der Waals surface area contributed by atoms with Crippen LogP contribution in [0.4, 0.5) is 0 Å². The number of benzene rings is 1. The summed E-state index contributed by atoms with van der Waals surface area (Å²) in [6.45, 7) is 8.18. The predicted molar refractivity (Wildman–Crippen MR) is 119 cm³/mol. The molecule has 3 N–H and O–H groups in total. The number of amides is 2. The lowest BCUT2D eigenvalue weighted by Gasteiger charge is -2.32. The van der Waals surface area contributed by atoms with Crippen LogP contribution in [0.1, 0.15) is 43.5 Å². The third-order valence-corrected chi connectivity index (χ3v) is 6.31. The summed E-state index contributed by atoms with van der Waals surface area (Å²) >= 11 is 0. The maximum atomic E-state index is 13.2. The Morgan fingerprint density at radius 2 is 2.00 bits per heavy atom. The van der Waals surface area contributed by atoms with E-state index < -0.39 is 0 Å². The van der Waals surface area contributed by atoms with Crippen LogP contribution in [0.5, 0.6) is 11.5 Å². The zero-order valence-corrected chi connectivity index (χ0v) is 18.9. The zero-order chi connectivity index (χ0) is 22.4. The Bertz CT molecular complexity index is 764. The smallest absolute Gasteiger partial charge is 0.254 e. The molecule has 2 aliphatic rings. The van der Waals surface area contributed by atoms with E-state index in [4.69, 9.17) is 4.74 Å². The number of rotatable bonds is 8. The van der Waals surface area contributed by atoms with Gasteiger partial charge in [0.1, 0.15) is 0 Å². The van der Waals surface area contributed by atoms with Gasteiger partial charge in [-0.1, -0.05) is 0 Å². The Kier molecular flexibility index (Phi) is 8.15. The summed E-state index contributed by atoms with van der Waals surface area (Å²) in [5, 5.41) is 16.9. The van der Waals surface area contributed by atoms with E-state index in [2.05, 4.69) is 10.6 Å². The highest BCUT2D eigenvalue weighted by Gasteiger charge is 2.32. The predicted octanol–water partition coefficient (Wildman–Crippen LogP) is 1.44. The number of phenolic OH excluding ortho intramolecular Hbond substituents is 1. The molecule has 8 nitrogen and oxygen atoms in total. The zero-order valence-electron chi connectivity index (χ0n) is 18.9. The molecule has 0 spiro atoms. The van der Waals surface area contributed by atoms with E-state index in [9.17, 15) is 14.7 Å². The lowest BCUT2D eigenvalue weighted by atomic mass is 10.0. The number of hydrogen-bond donors (Lipinski definition) is 3. The quantitative estimate of drug-likeness (QED) is 0.576. The highest BCUT2D eigenvalue weighted by atomic mass is 16.5. The van der Waals surface area contributed by atoms with Crippen LogP contribution >= 0.6 is 0 Å². The van der Waals surface area contributed by atoms with E-state index in [0.717, 1.165) is 39.0 Å². The molecule has 3 rings (SSSR count). The average Bonchev–Trinajstić information content (AvgIpc) is 3.22. The summed E-state index contributed by atoms with van der Waals surface area (Å²) < 4.78 is 5.08. The third kappa shape index (κ3) is 5.89. The number of hydrogen-bond acceptors (Lipinski definition) is 6.